The molecule has 2 aromatic rings. The summed E-state index contributed by atoms with van der Waals surface area (Å²) in [5, 5.41) is 4.90. The number of anilines is 1. The van der Waals surface area contributed by atoms with E-state index < -0.39 is 5.97 Å². The van der Waals surface area contributed by atoms with Crippen LogP contribution in [-0.2, 0) is 4.74 Å². The number of pyridine rings is 1. The van der Waals surface area contributed by atoms with Gasteiger partial charge in [-0.2, -0.15) is 0 Å². The van der Waals surface area contributed by atoms with Crippen molar-refractivity contribution in [3.63, 3.8) is 0 Å². The number of rotatable bonds is 5. The Morgan fingerprint density at radius 1 is 1.33 bits per heavy atom. The average Bonchev–Trinajstić information content (AvgIpc) is 2.44. The predicted octanol–water partition coefficient (Wildman–Crippen LogP) is 4.54. The minimum atomic E-state index is -0.415. The highest BCUT2D eigenvalue weighted by atomic mass is 35.5. The Morgan fingerprint density at radius 3 is 2.76 bits per heavy atom. The number of aromatic nitrogens is 1. The number of esters is 1. The minimum absolute atomic E-state index is 0.306. The lowest BCUT2D eigenvalue weighted by Gasteiger charge is -2.14. The highest BCUT2D eigenvalue weighted by molar-refractivity contribution is 6.38. The standard InChI is InChI=1S/C15H16Cl2N2O2/c1-3-5-18-13-10-6-9(16)7-12(17)14(10)19-8-11(13)15(20)21-4-2/h6-8H,3-5H2,1-2H3,(H,18,19). The van der Waals surface area contributed by atoms with Crippen LogP contribution in [0.4, 0.5) is 5.69 Å². The summed E-state index contributed by atoms with van der Waals surface area (Å²) in [5.74, 6) is -0.415. The molecular formula is C15H16Cl2N2O2. The van der Waals surface area contributed by atoms with E-state index in [9.17, 15) is 4.79 Å². The predicted molar refractivity (Wildman–Crippen MR) is 86.5 cm³/mol. The maximum absolute atomic E-state index is 12.1. The Morgan fingerprint density at radius 2 is 2.10 bits per heavy atom. The van der Waals surface area contributed by atoms with Crippen molar-refractivity contribution in [3.05, 3.63) is 33.9 Å². The van der Waals surface area contributed by atoms with Gasteiger partial charge in [0.1, 0.15) is 5.56 Å². The Hall–Kier alpha value is -1.52. The van der Waals surface area contributed by atoms with Crippen LogP contribution in [0.15, 0.2) is 18.3 Å². The molecule has 0 spiro atoms. The van der Waals surface area contributed by atoms with Gasteiger partial charge in [-0.05, 0) is 25.5 Å². The molecule has 0 aliphatic carbocycles. The summed E-state index contributed by atoms with van der Waals surface area (Å²) in [7, 11) is 0. The number of nitrogens with one attached hydrogen (secondary N) is 1. The van der Waals surface area contributed by atoms with E-state index in [0.29, 0.717) is 38.8 Å². The lowest BCUT2D eigenvalue weighted by molar-refractivity contribution is 0.0527. The van der Waals surface area contributed by atoms with Gasteiger partial charge >= 0.3 is 5.97 Å². The zero-order valence-corrected chi connectivity index (χ0v) is 13.4. The molecule has 6 heteroatoms. The molecule has 112 valence electrons. The van der Waals surface area contributed by atoms with Crippen LogP contribution in [0.2, 0.25) is 10.0 Å². The lowest BCUT2D eigenvalue weighted by Crippen LogP contribution is -2.11. The summed E-state index contributed by atoms with van der Waals surface area (Å²) in [6.45, 7) is 4.83. The topological polar surface area (TPSA) is 51.2 Å². The van der Waals surface area contributed by atoms with Gasteiger partial charge in [-0.1, -0.05) is 30.1 Å². The number of benzene rings is 1. The van der Waals surface area contributed by atoms with Gasteiger partial charge in [0, 0.05) is 23.2 Å². The van der Waals surface area contributed by atoms with Crippen molar-refractivity contribution in [2.75, 3.05) is 18.5 Å². The Balaban J connectivity index is 2.66. The van der Waals surface area contributed by atoms with Crippen molar-refractivity contribution >= 4 is 45.8 Å². The third-order valence-electron chi connectivity index (χ3n) is 2.94. The van der Waals surface area contributed by atoms with E-state index in [0.717, 1.165) is 13.0 Å². The largest absolute Gasteiger partial charge is 0.462 e. The van der Waals surface area contributed by atoms with Gasteiger partial charge in [0.25, 0.3) is 0 Å². The second-order valence-corrected chi connectivity index (χ2v) is 5.32. The van der Waals surface area contributed by atoms with Crippen LogP contribution in [-0.4, -0.2) is 24.1 Å². The van der Waals surface area contributed by atoms with E-state index >= 15 is 0 Å². The first-order chi connectivity index (χ1) is 10.1. The average molecular weight is 327 g/mol. The molecular weight excluding hydrogens is 311 g/mol. The normalized spacial score (nSPS) is 10.7. The van der Waals surface area contributed by atoms with Crippen molar-refractivity contribution in [2.24, 2.45) is 0 Å². The number of hydrogen-bond acceptors (Lipinski definition) is 4. The second-order valence-electron chi connectivity index (χ2n) is 4.48. The van der Waals surface area contributed by atoms with Crippen molar-refractivity contribution < 1.29 is 9.53 Å². The third-order valence-corrected chi connectivity index (χ3v) is 3.44. The van der Waals surface area contributed by atoms with E-state index in [4.69, 9.17) is 27.9 Å². The van der Waals surface area contributed by atoms with Crippen LogP contribution in [0.1, 0.15) is 30.6 Å². The van der Waals surface area contributed by atoms with Crippen LogP contribution in [0.5, 0.6) is 0 Å². The maximum atomic E-state index is 12.1. The number of fused-ring (bicyclic) bond motifs is 1. The second kappa shape index (κ2) is 6.96. The molecule has 0 amide bonds. The summed E-state index contributed by atoms with van der Waals surface area (Å²) >= 11 is 12.2. The van der Waals surface area contributed by atoms with Crippen LogP contribution in [0, 0.1) is 0 Å². The minimum Gasteiger partial charge on any atom is -0.462 e. The van der Waals surface area contributed by atoms with Crippen molar-refractivity contribution in [1.29, 1.82) is 0 Å². The van der Waals surface area contributed by atoms with Gasteiger partial charge in [-0.15, -0.1) is 0 Å². The summed E-state index contributed by atoms with van der Waals surface area (Å²) < 4.78 is 5.07. The number of carbonyl (C=O) groups is 1. The summed E-state index contributed by atoms with van der Waals surface area (Å²) in [4.78, 5) is 16.3. The Labute approximate surface area is 133 Å². The molecule has 0 atom stereocenters. The fraction of sp³-hybridized carbons (Fsp3) is 0.333. The van der Waals surface area contributed by atoms with E-state index in [1.54, 1.807) is 19.1 Å². The Bertz CT molecular complexity index is 674. The van der Waals surface area contributed by atoms with Crippen molar-refractivity contribution in [1.82, 2.24) is 4.98 Å². The fourth-order valence-corrected chi connectivity index (χ4v) is 2.57. The van der Waals surface area contributed by atoms with Crippen molar-refractivity contribution in [3.8, 4) is 0 Å². The number of hydrogen-bond donors (Lipinski definition) is 1. The van der Waals surface area contributed by atoms with Crippen molar-refractivity contribution in [2.45, 2.75) is 20.3 Å². The molecule has 2 rings (SSSR count). The molecule has 0 radical (unpaired) electrons. The molecule has 0 fully saturated rings. The van der Waals surface area contributed by atoms with Crippen LogP contribution < -0.4 is 5.32 Å². The SMILES string of the molecule is CCCNc1c(C(=O)OCC)cnc2c(Cl)cc(Cl)cc12. The van der Waals surface area contributed by atoms with Gasteiger partial charge in [0.05, 0.1) is 22.8 Å². The van der Waals surface area contributed by atoms with Gasteiger partial charge < -0.3 is 10.1 Å². The number of ether oxygens (including phenoxy) is 1. The molecule has 0 bridgehead atoms. The van der Waals surface area contributed by atoms with E-state index in [1.807, 2.05) is 6.92 Å². The zero-order valence-electron chi connectivity index (χ0n) is 11.9. The fourth-order valence-electron chi connectivity index (χ4n) is 2.03. The first-order valence-corrected chi connectivity index (χ1v) is 7.52. The van der Waals surface area contributed by atoms with Gasteiger partial charge in [0.2, 0.25) is 0 Å². The summed E-state index contributed by atoms with van der Waals surface area (Å²) in [6.07, 6.45) is 2.40. The quantitative estimate of drug-likeness (QED) is 0.819. The molecule has 1 aromatic heterocycles. The van der Waals surface area contributed by atoms with Gasteiger partial charge in [0.15, 0.2) is 0 Å². The molecule has 21 heavy (non-hydrogen) atoms. The molecule has 0 unspecified atom stereocenters. The molecule has 0 aliphatic rings. The van der Waals surface area contributed by atoms with Crippen LogP contribution in [0.25, 0.3) is 10.9 Å². The Kier molecular flexibility index (Phi) is 5.26. The third kappa shape index (κ3) is 3.39. The molecule has 1 heterocycles. The summed E-state index contributed by atoms with van der Waals surface area (Å²) in [5.41, 5.74) is 1.65. The van der Waals surface area contributed by atoms with Gasteiger partial charge in [-0.25, -0.2) is 4.79 Å². The zero-order chi connectivity index (χ0) is 15.4. The molecule has 0 saturated heterocycles. The monoisotopic (exact) mass is 326 g/mol. The lowest BCUT2D eigenvalue weighted by atomic mass is 10.1. The highest BCUT2D eigenvalue weighted by Crippen LogP contribution is 2.33. The molecule has 0 saturated carbocycles. The molecule has 1 aromatic carbocycles. The van der Waals surface area contributed by atoms with E-state index in [-0.39, 0.29) is 0 Å². The molecule has 1 N–H and O–H groups in total. The van der Waals surface area contributed by atoms with Crippen LogP contribution in [0.3, 0.4) is 0 Å². The number of halogens is 2. The highest BCUT2D eigenvalue weighted by Gasteiger charge is 2.18. The summed E-state index contributed by atoms with van der Waals surface area (Å²) in [6, 6.07) is 3.38. The van der Waals surface area contributed by atoms with Gasteiger partial charge in [-0.3, -0.25) is 4.98 Å². The number of nitrogens with zero attached hydrogens (tertiary/aromatic N) is 1. The maximum Gasteiger partial charge on any atom is 0.341 e. The first kappa shape index (κ1) is 15.9. The van der Waals surface area contributed by atoms with E-state index in [1.165, 1.54) is 6.20 Å². The number of carbonyl (C=O) groups excluding carboxylic acids is 1. The van der Waals surface area contributed by atoms with E-state index in [2.05, 4.69) is 10.3 Å². The smallest absolute Gasteiger partial charge is 0.341 e. The first-order valence-electron chi connectivity index (χ1n) is 6.77. The molecule has 4 nitrogen and oxygen atoms in total. The van der Waals surface area contributed by atoms with Crippen LogP contribution >= 0.6 is 23.2 Å². The molecule has 0 aliphatic heterocycles.